The van der Waals surface area contributed by atoms with E-state index in [4.69, 9.17) is 9.84 Å². The number of hydrogen-bond donors (Lipinski definition) is 2. The molecule has 0 bridgehead atoms. The normalized spacial score (nSPS) is 14.6. The second-order valence-electron chi connectivity index (χ2n) is 7.02. The maximum absolute atomic E-state index is 11.6. The average molecular weight is 482 g/mol. The van der Waals surface area contributed by atoms with E-state index in [1.807, 2.05) is 12.1 Å². The Balaban J connectivity index is 1.96. The maximum atomic E-state index is 11.6. The molecule has 1 aliphatic rings. The number of carboxylic acids is 2. The van der Waals surface area contributed by atoms with Gasteiger partial charge >= 0.3 is 11.9 Å². The van der Waals surface area contributed by atoms with E-state index in [-0.39, 0.29) is 10.6 Å². The summed E-state index contributed by atoms with van der Waals surface area (Å²) in [6.45, 7) is 2.47. The smallest absolute Gasteiger partial charge is 0.349 e. The molecule has 0 spiro atoms. The molecule has 3 rings (SSSR count). The lowest BCUT2D eigenvalue weighted by Crippen LogP contribution is -2.36. The molecule has 6 nitrogen and oxygen atoms in total. The molecule has 0 aliphatic heterocycles. The van der Waals surface area contributed by atoms with Crippen molar-refractivity contribution >= 4 is 44.9 Å². The molecule has 29 heavy (non-hydrogen) atoms. The van der Waals surface area contributed by atoms with Crippen molar-refractivity contribution in [2.75, 3.05) is 18.1 Å². The molecule has 1 aliphatic carbocycles. The average Bonchev–Trinajstić information content (AvgIpc) is 3.05. The number of nitrogens with zero attached hydrogens (tertiary/aromatic N) is 1. The Morgan fingerprint density at radius 1 is 1.24 bits per heavy atom. The largest absolute Gasteiger partial charge is 0.479 e. The molecule has 1 aromatic carbocycles. The number of aliphatic carboxylic acids is 1. The van der Waals surface area contributed by atoms with Crippen LogP contribution in [0, 0.1) is 0 Å². The van der Waals surface area contributed by atoms with Gasteiger partial charge in [0.25, 0.3) is 0 Å². The minimum atomic E-state index is -1.16. The molecular formula is C21H24BrNO5S. The molecular weight excluding hydrogens is 458 g/mol. The van der Waals surface area contributed by atoms with Crippen LogP contribution >= 0.6 is 27.3 Å². The minimum Gasteiger partial charge on any atom is -0.479 e. The molecule has 8 heteroatoms. The Morgan fingerprint density at radius 2 is 1.97 bits per heavy atom. The second-order valence-corrected chi connectivity index (χ2v) is 8.83. The number of aromatic carboxylic acids is 1. The van der Waals surface area contributed by atoms with Gasteiger partial charge in [0.15, 0.2) is 17.2 Å². The molecule has 2 aromatic rings. The van der Waals surface area contributed by atoms with Crippen molar-refractivity contribution in [2.24, 2.45) is 0 Å². The highest BCUT2D eigenvalue weighted by atomic mass is 79.9. The lowest BCUT2D eigenvalue weighted by molar-refractivity contribution is -0.139. The third kappa shape index (κ3) is 4.93. The number of ether oxygens (including phenoxy) is 1. The van der Waals surface area contributed by atoms with Gasteiger partial charge in [0.1, 0.15) is 0 Å². The monoisotopic (exact) mass is 481 g/mol. The Bertz CT molecular complexity index is 891. The summed E-state index contributed by atoms with van der Waals surface area (Å²) in [5.74, 6) is -2.24. The topological polar surface area (TPSA) is 87.1 Å². The molecule has 0 atom stereocenters. The van der Waals surface area contributed by atoms with Gasteiger partial charge in [-0.15, -0.1) is 11.3 Å². The standard InChI is InChI=1S/C21H24BrNO5S/c1-2-23(14-8-4-3-5-9-14)15-10-6-7-13(11-15)19-17(22)18(28-12-16(24)25)20(29-19)21(26)27/h6-7,10-11,14H,2-5,8-9,12H2,1H3,(H,24,25)(H,26,27). The van der Waals surface area contributed by atoms with Crippen LogP contribution in [-0.4, -0.2) is 41.3 Å². The van der Waals surface area contributed by atoms with Gasteiger partial charge in [-0.2, -0.15) is 0 Å². The molecule has 1 fully saturated rings. The highest BCUT2D eigenvalue weighted by molar-refractivity contribution is 9.10. The lowest BCUT2D eigenvalue weighted by atomic mass is 9.93. The molecule has 0 amide bonds. The highest BCUT2D eigenvalue weighted by Gasteiger charge is 2.25. The van der Waals surface area contributed by atoms with Crippen LogP contribution in [0.5, 0.6) is 5.75 Å². The third-order valence-electron chi connectivity index (χ3n) is 5.14. The first kappa shape index (κ1) is 21.6. The van der Waals surface area contributed by atoms with Crippen LogP contribution in [0.4, 0.5) is 5.69 Å². The molecule has 1 aromatic heterocycles. The molecule has 0 radical (unpaired) electrons. The summed E-state index contributed by atoms with van der Waals surface area (Å²) >= 11 is 4.51. The van der Waals surface area contributed by atoms with Crippen LogP contribution in [0.2, 0.25) is 0 Å². The van der Waals surface area contributed by atoms with Gasteiger partial charge in [-0.1, -0.05) is 31.4 Å². The zero-order valence-corrected chi connectivity index (χ0v) is 18.6. The Morgan fingerprint density at radius 3 is 2.59 bits per heavy atom. The SMILES string of the molecule is CCN(c1cccc(-c2sc(C(=O)O)c(OCC(=O)O)c2Br)c1)C1CCCCC1. The predicted molar refractivity (Wildman–Crippen MR) is 117 cm³/mol. The van der Waals surface area contributed by atoms with E-state index >= 15 is 0 Å². The zero-order chi connectivity index (χ0) is 21.0. The van der Waals surface area contributed by atoms with E-state index in [1.165, 1.54) is 32.1 Å². The summed E-state index contributed by atoms with van der Waals surface area (Å²) in [6.07, 6.45) is 6.19. The fourth-order valence-electron chi connectivity index (χ4n) is 3.86. The number of rotatable bonds is 8. The maximum Gasteiger partial charge on any atom is 0.349 e. The summed E-state index contributed by atoms with van der Waals surface area (Å²) < 4.78 is 5.73. The quantitative estimate of drug-likeness (QED) is 0.517. The van der Waals surface area contributed by atoms with Gasteiger partial charge in [0.2, 0.25) is 0 Å². The molecule has 1 heterocycles. The van der Waals surface area contributed by atoms with E-state index in [0.717, 1.165) is 29.1 Å². The number of thiophene rings is 1. The fraction of sp³-hybridized carbons (Fsp3) is 0.429. The first-order valence-electron chi connectivity index (χ1n) is 9.69. The van der Waals surface area contributed by atoms with Gasteiger partial charge < -0.3 is 19.8 Å². The van der Waals surface area contributed by atoms with E-state index in [0.29, 0.717) is 15.4 Å². The van der Waals surface area contributed by atoms with E-state index < -0.39 is 18.5 Å². The van der Waals surface area contributed by atoms with Gasteiger partial charge in [0, 0.05) is 18.3 Å². The van der Waals surface area contributed by atoms with Crippen molar-refractivity contribution in [3.8, 4) is 16.2 Å². The van der Waals surface area contributed by atoms with Gasteiger partial charge in [0.05, 0.1) is 9.35 Å². The number of hydrogen-bond acceptors (Lipinski definition) is 5. The van der Waals surface area contributed by atoms with Crippen LogP contribution in [0.3, 0.4) is 0 Å². The predicted octanol–water partition coefficient (Wildman–Crippen LogP) is 5.50. The van der Waals surface area contributed by atoms with E-state index in [2.05, 4.69) is 39.9 Å². The minimum absolute atomic E-state index is 0.0156. The van der Waals surface area contributed by atoms with Crippen molar-refractivity contribution in [1.82, 2.24) is 0 Å². The van der Waals surface area contributed by atoms with Crippen molar-refractivity contribution in [2.45, 2.75) is 45.1 Å². The summed E-state index contributed by atoms with van der Waals surface area (Å²) in [4.78, 5) is 25.6. The van der Waals surface area contributed by atoms with Gasteiger partial charge in [-0.25, -0.2) is 9.59 Å². The molecule has 0 unspecified atom stereocenters. The number of benzene rings is 1. The van der Waals surface area contributed by atoms with Gasteiger partial charge in [-0.05, 0) is 53.4 Å². The number of anilines is 1. The Kier molecular flexibility index (Phi) is 7.18. The Hall–Kier alpha value is -2.06. The number of carboxylic acid groups (broad SMARTS) is 2. The summed E-state index contributed by atoms with van der Waals surface area (Å²) in [5.41, 5.74) is 1.99. The molecule has 2 N–H and O–H groups in total. The van der Waals surface area contributed by atoms with Crippen molar-refractivity contribution in [1.29, 1.82) is 0 Å². The second kappa shape index (κ2) is 9.63. The Labute approximate surface area is 182 Å². The zero-order valence-electron chi connectivity index (χ0n) is 16.2. The van der Waals surface area contributed by atoms with Crippen molar-refractivity contribution in [3.05, 3.63) is 33.6 Å². The fourth-order valence-corrected chi connectivity index (χ4v) is 5.74. The first-order chi connectivity index (χ1) is 13.9. The first-order valence-corrected chi connectivity index (χ1v) is 11.3. The van der Waals surface area contributed by atoms with Crippen LogP contribution < -0.4 is 9.64 Å². The van der Waals surface area contributed by atoms with E-state index in [9.17, 15) is 14.7 Å². The van der Waals surface area contributed by atoms with E-state index in [1.54, 1.807) is 0 Å². The molecule has 1 saturated carbocycles. The summed E-state index contributed by atoms with van der Waals surface area (Å²) in [6, 6.07) is 8.59. The lowest BCUT2D eigenvalue weighted by Gasteiger charge is -2.35. The molecule has 0 saturated heterocycles. The number of halogens is 1. The molecule has 156 valence electrons. The highest BCUT2D eigenvalue weighted by Crippen LogP contribution is 2.46. The van der Waals surface area contributed by atoms with Crippen molar-refractivity contribution in [3.63, 3.8) is 0 Å². The van der Waals surface area contributed by atoms with Gasteiger partial charge in [-0.3, -0.25) is 0 Å². The summed E-state index contributed by atoms with van der Waals surface area (Å²) in [5, 5.41) is 18.4. The van der Waals surface area contributed by atoms with Crippen LogP contribution in [-0.2, 0) is 4.79 Å². The summed E-state index contributed by atoms with van der Waals surface area (Å²) in [7, 11) is 0. The third-order valence-corrected chi connectivity index (χ3v) is 7.37. The van der Waals surface area contributed by atoms with Crippen LogP contribution in [0.1, 0.15) is 48.7 Å². The number of carbonyl (C=O) groups is 2. The van der Waals surface area contributed by atoms with Crippen LogP contribution in [0.15, 0.2) is 28.7 Å². The van der Waals surface area contributed by atoms with Crippen molar-refractivity contribution < 1.29 is 24.5 Å². The van der Waals surface area contributed by atoms with Crippen LogP contribution in [0.25, 0.3) is 10.4 Å².